The molecule has 4 rings (SSSR count). The summed E-state index contributed by atoms with van der Waals surface area (Å²) in [5, 5.41) is 4.65. The van der Waals surface area contributed by atoms with Crippen LogP contribution in [-0.2, 0) is 6.61 Å². The minimum atomic E-state index is -0.322. The smallest absolute Gasteiger partial charge is 0.264 e. The lowest BCUT2D eigenvalue weighted by Gasteiger charge is -2.05. The van der Waals surface area contributed by atoms with Crippen molar-refractivity contribution in [2.75, 3.05) is 0 Å². The largest absolute Gasteiger partial charge is 0.467 e. The molecule has 0 saturated heterocycles. The van der Waals surface area contributed by atoms with E-state index in [1.807, 2.05) is 18.2 Å². The van der Waals surface area contributed by atoms with Crippen molar-refractivity contribution < 1.29 is 13.7 Å². The number of aromatic nitrogens is 4. The molecule has 8 heteroatoms. The molecule has 0 unspecified atom stereocenters. The van der Waals surface area contributed by atoms with Gasteiger partial charge in [0.1, 0.15) is 12.1 Å². The van der Waals surface area contributed by atoms with E-state index in [1.165, 1.54) is 18.5 Å². The van der Waals surface area contributed by atoms with Gasteiger partial charge in [0.05, 0.1) is 10.9 Å². The summed E-state index contributed by atoms with van der Waals surface area (Å²) in [5.41, 5.74) is 1.43. The third kappa shape index (κ3) is 3.34. The first-order chi connectivity index (χ1) is 12.2. The van der Waals surface area contributed by atoms with Gasteiger partial charge in [-0.05, 0) is 42.5 Å². The maximum atomic E-state index is 13.0. The van der Waals surface area contributed by atoms with Crippen LogP contribution in [0.4, 0.5) is 4.39 Å². The lowest BCUT2D eigenvalue weighted by atomic mass is 10.2. The van der Waals surface area contributed by atoms with Crippen molar-refractivity contribution >= 4 is 26.8 Å². The second-order valence-corrected chi connectivity index (χ2v) is 6.06. The zero-order valence-corrected chi connectivity index (χ0v) is 14.3. The van der Waals surface area contributed by atoms with Crippen molar-refractivity contribution in [2.24, 2.45) is 0 Å². The number of benzene rings is 2. The van der Waals surface area contributed by atoms with Gasteiger partial charge in [0.25, 0.3) is 5.89 Å². The van der Waals surface area contributed by atoms with Crippen LogP contribution in [0.2, 0.25) is 0 Å². The fourth-order valence-corrected chi connectivity index (χ4v) is 2.64. The van der Waals surface area contributed by atoms with E-state index in [1.54, 1.807) is 12.1 Å². The molecule has 2 aromatic carbocycles. The van der Waals surface area contributed by atoms with E-state index in [0.717, 1.165) is 15.4 Å². The summed E-state index contributed by atoms with van der Waals surface area (Å²) < 4.78 is 24.7. The second-order valence-electron chi connectivity index (χ2n) is 5.15. The summed E-state index contributed by atoms with van der Waals surface area (Å²) in [5.74, 6) is 0.764. The van der Waals surface area contributed by atoms with Crippen LogP contribution in [0, 0.1) is 5.82 Å². The average Bonchev–Trinajstić information content (AvgIpc) is 3.09. The molecule has 0 aliphatic carbocycles. The van der Waals surface area contributed by atoms with Crippen LogP contribution in [0.15, 0.2) is 57.8 Å². The van der Waals surface area contributed by atoms with E-state index in [-0.39, 0.29) is 12.4 Å². The molecular formula is C17H10BrFN4O2. The van der Waals surface area contributed by atoms with Crippen LogP contribution < -0.4 is 4.74 Å². The normalized spacial score (nSPS) is 11.0. The molecule has 0 radical (unpaired) electrons. The van der Waals surface area contributed by atoms with Crippen LogP contribution in [0.1, 0.15) is 5.89 Å². The van der Waals surface area contributed by atoms with Crippen LogP contribution in [0.3, 0.4) is 0 Å². The van der Waals surface area contributed by atoms with Gasteiger partial charge in [-0.25, -0.2) is 14.4 Å². The Bertz CT molecular complexity index is 1040. The summed E-state index contributed by atoms with van der Waals surface area (Å²) in [6.45, 7) is 0.0623. The second kappa shape index (κ2) is 6.56. The Morgan fingerprint density at radius 1 is 1.08 bits per heavy atom. The Hall–Kier alpha value is -2.87. The van der Waals surface area contributed by atoms with Crippen molar-refractivity contribution in [3.63, 3.8) is 0 Å². The minimum absolute atomic E-state index is 0.0623. The van der Waals surface area contributed by atoms with Crippen molar-refractivity contribution in [3.05, 3.63) is 65.0 Å². The number of hydrogen-bond donors (Lipinski definition) is 0. The molecule has 124 valence electrons. The Kier molecular flexibility index (Phi) is 4.10. The standard InChI is InChI=1S/C17H10BrFN4O2/c18-11-3-6-14-13(7-11)17(21-9-20-14)24-8-15-22-16(23-25-15)10-1-4-12(19)5-2-10/h1-7,9H,8H2. The highest BCUT2D eigenvalue weighted by molar-refractivity contribution is 9.10. The zero-order valence-electron chi connectivity index (χ0n) is 12.7. The highest BCUT2D eigenvalue weighted by atomic mass is 79.9. The Morgan fingerprint density at radius 2 is 1.92 bits per heavy atom. The molecule has 6 nitrogen and oxygen atoms in total. The topological polar surface area (TPSA) is 73.9 Å². The first kappa shape index (κ1) is 15.6. The molecule has 0 aliphatic rings. The van der Waals surface area contributed by atoms with Gasteiger partial charge in [0.2, 0.25) is 11.7 Å². The third-order valence-electron chi connectivity index (χ3n) is 3.46. The van der Waals surface area contributed by atoms with E-state index in [4.69, 9.17) is 9.26 Å². The molecule has 0 bridgehead atoms. The summed E-state index contributed by atoms with van der Waals surface area (Å²) in [6, 6.07) is 11.5. The average molecular weight is 401 g/mol. The van der Waals surface area contributed by atoms with E-state index < -0.39 is 0 Å². The van der Waals surface area contributed by atoms with Crippen molar-refractivity contribution in [1.82, 2.24) is 20.1 Å². The van der Waals surface area contributed by atoms with Crippen LogP contribution in [0.25, 0.3) is 22.3 Å². The Morgan fingerprint density at radius 3 is 2.76 bits per heavy atom. The van der Waals surface area contributed by atoms with Gasteiger partial charge < -0.3 is 9.26 Å². The number of hydrogen-bond acceptors (Lipinski definition) is 6. The maximum Gasteiger partial charge on any atom is 0.264 e. The fraction of sp³-hybridized carbons (Fsp3) is 0.0588. The van der Waals surface area contributed by atoms with Crippen LogP contribution in [-0.4, -0.2) is 20.1 Å². The van der Waals surface area contributed by atoms with Crippen molar-refractivity contribution in [1.29, 1.82) is 0 Å². The van der Waals surface area contributed by atoms with Gasteiger partial charge in [-0.2, -0.15) is 4.98 Å². The quantitative estimate of drug-likeness (QED) is 0.511. The molecule has 0 spiro atoms. The predicted octanol–water partition coefficient (Wildman–Crippen LogP) is 4.16. The van der Waals surface area contributed by atoms with E-state index in [0.29, 0.717) is 23.2 Å². The first-order valence-electron chi connectivity index (χ1n) is 7.30. The van der Waals surface area contributed by atoms with Gasteiger partial charge in [-0.15, -0.1) is 0 Å². The highest BCUT2D eigenvalue weighted by Gasteiger charge is 2.11. The molecule has 2 aromatic heterocycles. The first-order valence-corrected chi connectivity index (χ1v) is 8.10. The van der Waals surface area contributed by atoms with Gasteiger partial charge in [-0.3, -0.25) is 0 Å². The fourth-order valence-electron chi connectivity index (χ4n) is 2.28. The third-order valence-corrected chi connectivity index (χ3v) is 3.96. The monoisotopic (exact) mass is 400 g/mol. The van der Waals surface area contributed by atoms with Crippen molar-refractivity contribution in [3.8, 4) is 17.3 Å². The molecule has 25 heavy (non-hydrogen) atoms. The number of rotatable bonds is 4. The van der Waals surface area contributed by atoms with E-state index in [9.17, 15) is 4.39 Å². The van der Waals surface area contributed by atoms with Gasteiger partial charge in [-0.1, -0.05) is 21.1 Å². The molecule has 2 heterocycles. The number of ether oxygens (including phenoxy) is 1. The molecule has 0 aliphatic heterocycles. The molecule has 0 N–H and O–H groups in total. The summed E-state index contributed by atoms with van der Waals surface area (Å²) in [6.07, 6.45) is 1.43. The lowest BCUT2D eigenvalue weighted by Crippen LogP contribution is -1.99. The molecule has 4 aromatic rings. The van der Waals surface area contributed by atoms with Gasteiger partial charge >= 0.3 is 0 Å². The summed E-state index contributed by atoms with van der Waals surface area (Å²) >= 11 is 3.42. The minimum Gasteiger partial charge on any atom is -0.467 e. The molecule has 0 fully saturated rings. The molecule has 0 amide bonds. The summed E-state index contributed by atoms with van der Waals surface area (Å²) in [4.78, 5) is 12.6. The zero-order chi connectivity index (χ0) is 17.2. The van der Waals surface area contributed by atoms with Crippen LogP contribution >= 0.6 is 15.9 Å². The Labute approximate surface area is 149 Å². The molecule has 0 saturated carbocycles. The van der Waals surface area contributed by atoms with Crippen LogP contribution in [0.5, 0.6) is 5.88 Å². The van der Waals surface area contributed by atoms with Gasteiger partial charge in [0.15, 0.2) is 6.61 Å². The lowest BCUT2D eigenvalue weighted by molar-refractivity contribution is 0.238. The predicted molar refractivity (Wildman–Crippen MR) is 91.3 cm³/mol. The summed E-state index contributed by atoms with van der Waals surface area (Å²) in [7, 11) is 0. The number of halogens is 2. The van der Waals surface area contributed by atoms with E-state index in [2.05, 4.69) is 36.0 Å². The van der Waals surface area contributed by atoms with Crippen molar-refractivity contribution in [2.45, 2.75) is 6.61 Å². The SMILES string of the molecule is Fc1ccc(-c2noc(COc3ncnc4ccc(Br)cc34)n2)cc1. The number of nitrogens with zero attached hydrogens (tertiary/aromatic N) is 4. The van der Waals surface area contributed by atoms with E-state index >= 15 is 0 Å². The maximum absolute atomic E-state index is 13.0. The molecular weight excluding hydrogens is 391 g/mol. The van der Waals surface area contributed by atoms with Gasteiger partial charge in [0, 0.05) is 10.0 Å². The molecule has 0 atom stereocenters. The Balaban J connectivity index is 1.54. The highest BCUT2D eigenvalue weighted by Crippen LogP contribution is 2.25. The number of fused-ring (bicyclic) bond motifs is 1.